The highest BCUT2D eigenvalue weighted by molar-refractivity contribution is 6.07. The van der Waals surface area contributed by atoms with Crippen LogP contribution >= 0.6 is 0 Å². The smallest absolute Gasteiger partial charge is 0.264 e. The van der Waals surface area contributed by atoms with Crippen LogP contribution in [-0.4, -0.2) is 56.7 Å². The lowest BCUT2D eigenvalue weighted by molar-refractivity contribution is -0.139. The number of hydrogen-bond donors (Lipinski definition) is 4. The lowest BCUT2D eigenvalue weighted by atomic mass is 9.83. The number of aliphatic hydroxyl groups excluding tert-OH is 2. The van der Waals surface area contributed by atoms with Gasteiger partial charge >= 0.3 is 0 Å². The molecular weight excluding hydrogens is 546 g/mol. The average Bonchev–Trinajstić information content (AvgIpc) is 3.23. The number of anilines is 2. The summed E-state index contributed by atoms with van der Waals surface area (Å²) in [5.74, 6) is -1.74. The van der Waals surface area contributed by atoms with Crippen LogP contribution in [0.4, 0.5) is 11.4 Å². The minimum atomic E-state index is -1.82. The van der Waals surface area contributed by atoms with Crippen molar-refractivity contribution in [2.24, 2.45) is 5.92 Å². The summed E-state index contributed by atoms with van der Waals surface area (Å²) in [6.07, 6.45) is 2.94. The molecule has 5 rings (SSSR count). The molecule has 2 aliphatic rings. The summed E-state index contributed by atoms with van der Waals surface area (Å²) in [5.41, 5.74) is 2.80. The maximum Gasteiger partial charge on any atom is 0.264 e. The Morgan fingerprint density at radius 3 is 2.40 bits per heavy atom. The van der Waals surface area contributed by atoms with Crippen LogP contribution in [-0.2, 0) is 39.5 Å². The predicted octanol–water partition coefficient (Wildman–Crippen LogP) is 3.27. The topological polar surface area (TPSA) is 130 Å². The molecule has 2 aliphatic heterocycles. The number of amides is 3. The molecule has 0 bridgehead atoms. The van der Waals surface area contributed by atoms with Gasteiger partial charge in [-0.2, -0.15) is 0 Å². The molecule has 9 nitrogen and oxygen atoms in total. The first-order chi connectivity index (χ1) is 20.6. The molecule has 0 aliphatic carbocycles. The van der Waals surface area contributed by atoms with Gasteiger partial charge in [0.25, 0.3) is 11.8 Å². The van der Waals surface area contributed by atoms with Crippen molar-refractivity contribution in [2.75, 3.05) is 16.8 Å². The maximum atomic E-state index is 13.8. The van der Waals surface area contributed by atoms with Crippen LogP contribution < -0.4 is 10.2 Å². The van der Waals surface area contributed by atoms with E-state index in [2.05, 4.69) is 5.32 Å². The van der Waals surface area contributed by atoms with Crippen LogP contribution in [0.3, 0.4) is 0 Å². The third-order valence-corrected chi connectivity index (χ3v) is 8.38. The van der Waals surface area contributed by atoms with Gasteiger partial charge in [-0.1, -0.05) is 73.7 Å². The van der Waals surface area contributed by atoms with E-state index >= 15 is 0 Å². The maximum absolute atomic E-state index is 13.8. The Morgan fingerprint density at radius 1 is 1.02 bits per heavy atom. The number of fused-ring (bicyclic) bond motifs is 2. The normalized spacial score (nSPS) is 21.0. The molecule has 0 fully saturated rings. The molecule has 224 valence electrons. The number of benzene rings is 3. The Morgan fingerprint density at radius 2 is 1.70 bits per heavy atom. The second-order valence-corrected chi connectivity index (χ2v) is 11.3. The first-order valence-corrected chi connectivity index (χ1v) is 14.5. The van der Waals surface area contributed by atoms with Gasteiger partial charge in [0.1, 0.15) is 6.10 Å². The van der Waals surface area contributed by atoms with E-state index in [0.717, 1.165) is 16.7 Å². The van der Waals surface area contributed by atoms with E-state index in [1.807, 2.05) is 30.3 Å². The Kier molecular flexibility index (Phi) is 8.77. The highest BCUT2D eigenvalue weighted by Crippen LogP contribution is 2.45. The quantitative estimate of drug-likeness (QED) is 0.286. The van der Waals surface area contributed by atoms with Crippen molar-refractivity contribution in [3.8, 4) is 0 Å². The number of carbonyl (C=O) groups excluding carboxylic acids is 3. The summed E-state index contributed by atoms with van der Waals surface area (Å²) >= 11 is 0. The van der Waals surface area contributed by atoms with Crippen LogP contribution in [0.25, 0.3) is 0 Å². The zero-order valence-electron chi connectivity index (χ0n) is 24.3. The number of para-hydroxylation sites is 1. The van der Waals surface area contributed by atoms with Gasteiger partial charge in [-0.3, -0.25) is 14.4 Å². The molecule has 3 aromatic rings. The largest absolute Gasteiger partial charge is 0.394 e. The molecule has 0 unspecified atom stereocenters. The van der Waals surface area contributed by atoms with Crippen LogP contribution in [0, 0.1) is 5.92 Å². The Hall–Kier alpha value is -4.31. The van der Waals surface area contributed by atoms with Crippen molar-refractivity contribution in [1.29, 1.82) is 0 Å². The minimum Gasteiger partial charge on any atom is -0.394 e. The van der Waals surface area contributed by atoms with E-state index in [0.29, 0.717) is 29.9 Å². The third-order valence-electron chi connectivity index (χ3n) is 8.38. The first kappa shape index (κ1) is 30.2. The Bertz CT molecular complexity index is 1540. The van der Waals surface area contributed by atoms with E-state index in [1.165, 1.54) is 6.92 Å². The number of hydrogen-bond acceptors (Lipinski definition) is 6. The van der Waals surface area contributed by atoms with Gasteiger partial charge < -0.3 is 30.4 Å². The van der Waals surface area contributed by atoms with Gasteiger partial charge in [0.2, 0.25) is 5.91 Å². The molecule has 2 heterocycles. The zero-order chi connectivity index (χ0) is 30.7. The van der Waals surface area contributed by atoms with Gasteiger partial charge in [-0.15, -0.1) is 0 Å². The molecular formula is C34H37N3O6. The van der Waals surface area contributed by atoms with E-state index in [4.69, 9.17) is 0 Å². The lowest BCUT2D eigenvalue weighted by Crippen LogP contribution is -2.46. The molecule has 0 saturated heterocycles. The van der Waals surface area contributed by atoms with Gasteiger partial charge in [0.15, 0.2) is 5.60 Å². The number of rotatable bonds is 9. The summed E-state index contributed by atoms with van der Waals surface area (Å²) in [7, 11) is 0. The molecule has 0 radical (unpaired) electrons. The standard InChI is InChI=1S/C34H37N3O6/c1-22(8-7-13-31(40)36-20-26-10-4-3-9-25(26)18-28(36)21-38)34(43)29-11-5-6-12-30(29)37(33(34)42)19-24-14-16-27(17-15-24)35-32(41)23(2)39/h3-12,14-17,22-23,28,38-39,43H,13,18-21H2,1-2H3,(H,35,41)/b8-7+/t22-,23+,28+,34+/m1/s1. The fourth-order valence-corrected chi connectivity index (χ4v) is 5.85. The summed E-state index contributed by atoms with van der Waals surface area (Å²) in [5, 5.41) is 33.9. The monoisotopic (exact) mass is 583 g/mol. The zero-order valence-corrected chi connectivity index (χ0v) is 24.3. The van der Waals surface area contributed by atoms with Gasteiger partial charge in [-0.25, -0.2) is 0 Å². The van der Waals surface area contributed by atoms with Crippen LogP contribution in [0.2, 0.25) is 0 Å². The molecule has 3 aromatic carbocycles. The van der Waals surface area contributed by atoms with Gasteiger partial charge in [-0.05, 0) is 48.2 Å². The Labute approximate surface area is 251 Å². The van der Waals surface area contributed by atoms with E-state index in [1.54, 1.807) is 71.3 Å². The number of carbonyl (C=O) groups is 3. The molecule has 3 amide bonds. The van der Waals surface area contributed by atoms with Crippen LogP contribution in [0.5, 0.6) is 0 Å². The van der Waals surface area contributed by atoms with E-state index in [-0.39, 0.29) is 31.5 Å². The van der Waals surface area contributed by atoms with Crippen molar-refractivity contribution in [3.05, 3.63) is 107 Å². The fraction of sp³-hybridized carbons (Fsp3) is 0.324. The van der Waals surface area contributed by atoms with E-state index < -0.39 is 29.4 Å². The molecule has 4 atom stereocenters. The second kappa shape index (κ2) is 12.5. The molecule has 9 heteroatoms. The summed E-state index contributed by atoms with van der Waals surface area (Å²) < 4.78 is 0. The average molecular weight is 584 g/mol. The van der Waals surface area contributed by atoms with Crippen molar-refractivity contribution in [2.45, 2.75) is 57.5 Å². The summed E-state index contributed by atoms with van der Waals surface area (Å²) in [6.45, 7) is 3.65. The summed E-state index contributed by atoms with van der Waals surface area (Å²) in [6, 6.07) is 21.7. The van der Waals surface area contributed by atoms with Gasteiger partial charge in [0.05, 0.1) is 24.9 Å². The van der Waals surface area contributed by atoms with Crippen molar-refractivity contribution in [1.82, 2.24) is 4.90 Å². The number of aliphatic hydroxyl groups is 3. The molecule has 0 saturated carbocycles. The van der Waals surface area contributed by atoms with E-state index in [9.17, 15) is 29.7 Å². The molecule has 43 heavy (non-hydrogen) atoms. The molecule has 4 N–H and O–H groups in total. The highest BCUT2D eigenvalue weighted by Gasteiger charge is 2.52. The first-order valence-electron chi connectivity index (χ1n) is 14.5. The Balaban J connectivity index is 1.29. The third kappa shape index (κ3) is 5.97. The van der Waals surface area contributed by atoms with Crippen molar-refractivity contribution in [3.63, 3.8) is 0 Å². The highest BCUT2D eigenvalue weighted by atomic mass is 16.3. The lowest BCUT2D eigenvalue weighted by Gasteiger charge is -2.36. The van der Waals surface area contributed by atoms with Crippen LogP contribution in [0.1, 0.15) is 42.5 Å². The number of nitrogens with zero attached hydrogens (tertiary/aromatic N) is 2. The minimum absolute atomic E-state index is 0.0799. The predicted molar refractivity (Wildman–Crippen MR) is 163 cm³/mol. The molecule has 0 aromatic heterocycles. The number of nitrogens with one attached hydrogen (secondary N) is 1. The van der Waals surface area contributed by atoms with Crippen LogP contribution in [0.15, 0.2) is 84.9 Å². The second-order valence-electron chi connectivity index (χ2n) is 11.3. The van der Waals surface area contributed by atoms with Crippen molar-refractivity contribution < 1.29 is 29.7 Å². The van der Waals surface area contributed by atoms with Crippen molar-refractivity contribution >= 4 is 29.1 Å². The molecule has 0 spiro atoms. The fourth-order valence-electron chi connectivity index (χ4n) is 5.85. The SMILES string of the molecule is C[C@H](O)C(=O)Nc1ccc(CN2C(=O)[C@](O)([C@H](C)/C=C/CC(=O)N3Cc4ccccc4C[C@H]3CO)c3ccccc32)cc1. The van der Waals surface area contributed by atoms with Gasteiger partial charge in [0, 0.05) is 30.1 Å². The summed E-state index contributed by atoms with van der Waals surface area (Å²) in [4.78, 5) is 42.0.